The van der Waals surface area contributed by atoms with Gasteiger partial charge in [-0.3, -0.25) is 4.98 Å². The second-order valence-electron chi connectivity index (χ2n) is 4.64. The first-order valence-corrected chi connectivity index (χ1v) is 6.59. The lowest BCUT2D eigenvalue weighted by molar-refractivity contribution is -0.138. The van der Waals surface area contributed by atoms with Crippen LogP contribution in [0.3, 0.4) is 0 Å². The van der Waals surface area contributed by atoms with Gasteiger partial charge in [-0.2, -0.15) is 5.26 Å². The van der Waals surface area contributed by atoms with E-state index in [9.17, 15) is 15.2 Å². The molecule has 0 saturated heterocycles. The number of nitrogens with zero attached hydrogens (tertiary/aromatic N) is 2. The van der Waals surface area contributed by atoms with Gasteiger partial charge in [0.25, 0.3) is 0 Å². The maximum Gasteiger partial charge on any atom is 0.337 e. The summed E-state index contributed by atoms with van der Waals surface area (Å²) in [6.45, 7) is 5.20. The fraction of sp³-hybridized carbons (Fsp3) is 0.188. The Morgan fingerprint density at radius 2 is 2.45 bits per heavy atom. The van der Waals surface area contributed by atoms with Crippen molar-refractivity contribution in [2.45, 2.75) is 12.8 Å². The average molecular weight is 297 g/mol. The molecule has 6 nitrogen and oxygen atoms in total. The zero-order chi connectivity index (χ0) is 16.1. The number of carbonyl (C=O) groups is 1. The minimum absolute atomic E-state index is 0.0455. The average Bonchev–Trinajstić information content (AvgIpc) is 2.52. The van der Waals surface area contributed by atoms with Crippen LogP contribution in [0.5, 0.6) is 0 Å². The monoisotopic (exact) mass is 297 g/mol. The first-order valence-electron chi connectivity index (χ1n) is 6.59. The Kier molecular flexibility index (Phi) is 4.59. The molecule has 0 saturated carbocycles. The topological polar surface area (TPSA) is 95.2 Å². The summed E-state index contributed by atoms with van der Waals surface area (Å²) in [7, 11) is 0. The van der Waals surface area contributed by atoms with Crippen LogP contribution in [0.25, 0.3) is 0 Å². The van der Waals surface area contributed by atoms with Gasteiger partial charge in [0.1, 0.15) is 18.2 Å². The van der Waals surface area contributed by atoms with Crippen LogP contribution in [-0.2, 0) is 9.53 Å². The fourth-order valence-electron chi connectivity index (χ4n) is 2.29. The Bertz CT molecular complexity index is 699. The smallest absolute Gasteiger partial charge is 0.337 e. The maximum atomic E-state index is 12.3. The number of esters is 1. The van der Waals surface area contributed by atoms with Gasteiger partial charge < -0.3 is 15.2 Å². The standard InChI is InChI=1S/C16H15N3O3/c1-3-7-22-16(21)13-10(2)19-15(20)12(8-17)14(13)11-5-4-6-18-9-11/h3-6,9,14,19-20H,1,7H2,2H3/t14-/m0/s1. The molecule has 22 heavy (non-hydrogen) atoms. The number of nitriles is 1. The van der Waals surface area contributed by atoms with Gasteiger partial charge in [0.05, 0.1) is 11.5 Å². The number of hydrogen-bond acceptors (Lipinski definition) is 6. The van der Waals surface area contributed by atoms with Crippen molar-refractivity contribution in [2.75, 3.05) is 6.61 Å². The highest BCUT2D eigenvalue weighted by molar-refractivity contribution is 5.93. The van der Waals surface area contributed by atoms with E-state index >= 15 is 0 Å². The van der Waals surface area contributed by atoms with Crippen molar-refractivity contribution in [3.63, 3.8) is 0 Å². The third-order valence-corrected chi connectivity index (χ3v) is 3.23. The molecule has 1 aliphatic rings. The molecule has 1 aromatic heterocycles. The van der Waals surface area contributed by atoms with Gasteiger partial charge in [0, 0.05) is 18.1 Å². The molecule has 1 aromatic rings. The zero-order valence-electron chi connectivity index (χ0n) is 12.0. The summed E-state index contributed by atoms with van der Waals surface area (Å²) in [6, 6.07) is 5.38. The molecular weight excluding hydrogens is 282 g/mol. The Morgan fingerprint density at radius 1 is 1.68 bits per heavy atom. The fourth-order valence-corrected chi connectivity index (χ4v) is 2.29. The van der Waals surface area contributed by atoms with Crippen LogP contribution < -0.4 is 5.32 Å². The van der Waals surface area contributed by atoms with Gasteiger partial charge >= 0.3 is 5.97 Å². The molecule has 0 radical (unpaired) electrons. The third kappa shape index (κ3) is 2.83. The van der Waals surface area contributed by atoms with E-state index in [2.05, 4.69) is 16.9 Å². The SMILES string of the molecule is C=CCOC(=O)C1=C(C)NC(O)=C(C#N)[C@@H]1c1cccnc1. The highest BCUT2D eigenvalue weighted by atomic mass is 16.5. The van der Waals surface area contributed by atoms with Crippen molar-refractivity contribution in [1.82, 2.24) is 10.3 Å². The first-order chi connectivity index (χ1) is 10.6. The molecule has 0 bridgehead atoms. The number of dihydropyridines is 1. The van der Waals surface area contributed by atoms with Crippen LogP contribution in [0.1, 0.15) is 18.4 Å². The van der Waals surface area contributed by atoms with Gasteiger partial charge in [-0.15, -0.1) is 0 Å². The minimum atomic E-state index is -0.725. The van der Waals surface area contributed by atoms with E-state index in [0.717, 1.165) is 0 Å². The van der Waals surface area contributed by atoms with E-state index in [-0.39, 0.29) is 23.6 Å². The lowest BCUT2D eigenvalue weighted by atomic mass is 9.83. The van der Waals surface area contributed by atoms with Crippen molar-refractivity contribution in [3.05, 3.63) is 65.5 Å². The molecule has 0 unspecified atom stereocenters. The predicted molar refractivity (Wildman–Crippen MR) is 79.2 cm³/mol. The largest absolute Gasteiger partial charge is 0.494 e. The summed E-state index contributed by atoms with van der Waals surface area (Å²) < 4.78 is 5.09. The summed E-state index contributed by atoms with van der Waals surface area (Å²) in [5, 5.41) is 21.9. The third-order valence-electron chi connectivity index (χ3n) is 3.23. The quantitative estimate of drug-likeness (QED) is 0.652. The lowest BCUT2D eigenvalue weighted by Gasteiger charge is -2.26. The van der Waals surface area contributed by atoms with E-state index in [1.165, 1.54) is 6.08 Å². The number of nitrogens with one attached hydrogen (secondary N) is 1. The Hall–Kier alpha value is -3.07. The van der Waals surface area contributed by atoms with Gasteiger partial charge in [0.2, 0.25) is 5.88 Å². The van der Waals surface area contributed by atoms with Crippen molar-refractivity contribution in [1.29, 1.82) is 5.26 Å². The number of aromatic nitrogens is 1. The molecule has 0 spiro atoms. The molecule has 0 aliphatic carbocycles. The molecule has 0 amide bonds. The number of ether oxygens (including phenoxy) is 1. The molecule has 1 atom stereocenters. The Morgan fingerprint density at radius 3 is 3.05 bits per heavy atom. The van der Waals surface area contributed by atoms with Crippen molar-refractivity contribution >= 4 is 5.97 Å². The molecule has 6 heteroatoms. The number of rotatable bonds is 4. The minimum Gasteiger partial charge on any atom is -0.494 e. The molecule has 2 rings (SSSR count). The van der Waals surface area contributed by atoms with Crippen molar-refractivity contribution in [3.8, 4) is 6.07 Å². The molecule has 0 fully saturated rings. The summed E-state index contributed by atoms with van der Waals surface area (Å²) in [5.41, 5.74) is 1.37. The van der Waals surface area contributed by atoms with E-state index in [0.29, 0.717) is 11.3 Å². The Labute approximate surface area is 128 Å². The second-order valence-corrected chi connectivity index (χ2v) is 4.64. The van der Waals surface area contributed by atoms with Gasteiger partial charge in [-0.1, -0.05) is 18.7 Å². The zero-order valence-corrected chi connectivity index (χ0v) is 12.0. The lowest BCUT2D eigenvalue weighted by Crippen LogP contribution is -2.29. The van der Waals surface area contributed by atoms with Crippen LogP contribution in [0, 0.1) is 11.3 Å². The van der Waals surface area contributed by atoms with E-state index in [1.54, 1.807) is 31.5 Å². The number of aliphatic hydroxyl groups excluding tert-OH is 1. The van der Waals surface area contributed by atoms with Gasteiger partial charge in [-0.05, 0) is 18.6 Å². The molecule has 2 heterocycles. The van der Waals surface area contributed by atoms with Crippen molar-refractivity contribution < 1.29 is 14.6 Å². The Balaban J connectivity index is 2.53. The first kappa shape index (κ1) is 15.3. The molecule has 2 N–H and O–H groups in total. The maximum absolute atomic E-state index is 12.3. The van der Waals surface area contributed by atoms with E-state index in [4.69, 9.17) is 4.74 Å². The van der Waals surface area contributed by atoms with Crippen LogP contribution in [-0.4, -0.2) is 22.7 Å². The van der Waals surface area contributed by atoms with E-state index < -0.39 is 11.9 Å². The molecule has 112 valence electrons. The molecular formula is C16H15N3O3. The number of pyridine rings is 1. The summed E-state index contributed by atoms with van der Waals surface area (Å²) in [4.78, 5) is 16.3. The summed E-state index contributed by atoms with van der Waals surface area (Å²) >= 11 is 0. The number of hydrogen-bond donors (Lipinski definition) is 2. The number of aliphatic hydroxyl groups is 1. The molecule has 0 aromatic carbocycles. The van der Waals surface area contributed by atoms with Crippen LogP contribution in [0.4, 0.5) is 0 Å². The summed E-state index contributed by atoms with van der Waals surface area (Å²) in [6.07, 6.45) is 4.60. The predicted octanol–water partition coefficient (Wildman–Crippen LogP) is 2.06. The van der Waals surface area contributed by atoms with Gasteiger partial charge in [0.15, 0.2) is 0 Å². The highest BCUT2D eigenvalue weighted by Gasteiger charge is 2.35. The normalized spacial score (nSPS) is 17.5. The van der Waals surface area contributed by atoms with Crippen LogP contribution >= 0.6 is 0 Å². The molecule has 1 aliphatic heterocycles. The van der Waals surface area contributed by atoms with Crippen molar-refractivity contribution in [2.24, 2.45) is 0 Å². The van der Waals surface area contributed by atoms with Gasteiger partial charge in [-0.25, -0.2) is 4.79 Å². The van der Waals surface area contributed by atoms with Crippen LogP contribution in [0.15, 0.2) is 59.9 Å². The number of carbonyl (C=O) groups excluding carboxylic acids is 1. The number of allylic oxidation sites excluding steroid dienone is 2. The highest BCUT2D eigenvalue weighted by Crippen LogP contribution is 2.37. The second kappa shape index (κ2) is 6.59. The summed E-state index contributed by atoms with van der Waals surface area (Å²) in [5.74, 6) is -1.56. The van der Waals surface area contributed by atoms with Crippen LogP contribution in [0.2, 0.25) is 0 Å². The van der Waals surface area contributed by atoms with E-state index in [1.807, 2.05) is 6.07 Å².